The highest BCUT2D eigenvalue weighted by molar-refractivity contribution is 7.22. The smallest absolute Gasteiger partial charge is 0.273 e. The summed E-state index contributed by atoms with van der Waals surface area (Å²) in [6.07, 6.45) is 10.7. The van der Waals surface area contributed by atoms with Gasteiger partial charge >= 0.3 is 0 Å². The molecule has 2 amide bonds. The van der Waals surface area contributed by atoms with Crippen LogP contribution in [0.15, 0.2) is 11.1 Å². The van der Waals surface area contributed by atoms with Crippen molar-refractivity contribution in [2.75, 3.05) is 18.0 Å². The van der Waals surface area contributed by atoms with Gasteiger partial charge in [0.05, 0.1) is 0 Å². The second-order valence-corrected chi connectivity index (χ2v) is 10.3. The Morgan fingerprint density at radius 1 is 1.00 bits per heavy atom. The fourth-order valence-corrected chi connectivity index (χ4v) is 5.66. The van der Waals surface area contributed by atoms with E-state index in [4.69, 9.17) is 0 Å². The summed E-state index contributed by atoms with van der Waals surface area (Å²) in [6.45, 7) is 1.45. The first-order chi connectivity index (χ1) is 15.6. The zero-order valence-electron chi connectivity index (χ0n) is 18.2. The van der Waals surface area contributed by atoms with Gasteiger partial charge in [0.15, 0.2) is 10.8 Å². The average Bonchev–Trinajstić information content (AvgIpc) is 3.51. The number of amides is 2. The number of hydrogen-bond acceptors (Lipinski definition) is 7. The number of nitrogens with one attached hydrogen (secondary N) is 2. The van der Waals surface area contributed by atoms with Crippen LogP contribution in [-0.2, 0) is 16.1 Å². The Labute approximate surface area is 190 Å². The number of nitrogens with zero attached hydrogens (tertiary/aromatic N) is 4. The third-order valence-corrected chi connectivity index (χ3v) is 7.81. The Hall–Kier alpha value is -2.49. The highest BCUT2D eigenvalue weighted by Crippen LogP contribution is 2.30. The van der Waals surface area contributed by atoms with Gasteiger partial charge < -0.3 is 15.5 Å². The SMILES string of the molecule is O=C(Cn1cnc2nc(N3CCC(C(=O)NC4CC4)CC3)sc2c1=O)NC1CCCCC1. The molecule has 3 fully saturated rings. The van der Waals surface area contributed by atoms with Crippen molar-refractivity contribution >= 4 is 38.6 Å². The topological polar surface area (TPSA) is 109 Å². The predicted octanol–water partition coefficient (Wildman–Crippen LogP) is 1.80. The number of thiazole rings is 1. The molecule has 10 heteroatoms. The van der Waals surface area contributed by atoms with E-state index in [1.54, 1.807) is 0 Å². The Morgan fingerprint density at radius 3 is 2.44 bits per heavy atom. The van der Waals surface area contributed by atoms with Crippen molar-refractivity contribution in [3.8, 4) is 0 Å². The van der Waals surface area contributed by atoms with E-state index in [-0.39, 0.29) is 35.9 Å². The zero-order chi connectivity index (χ0) is 22.1. The van der Waals surface area contributed by atoms with E-state index in [1.807, 2.05) is 0 Å². The molecule has 0 aromatic carbocycles. The van der Waals surface area contributed by atoms with Crippen LogP contribution in [0.25, 0.3) is 10.3 Å². The Balaban J connectivity index is 1.22. The Morgan fingerprint density at radius 2 is 1.72 bits per heavy atom. The van der Waals surface area contributed by atoms with Crippen molar-refractivity contribution in [3.05, 3.63) is 16.7 Å². The maximum Gasteiger partial charge on any atom is 0.273 e. The second kappa shape index (κ2) is 9.17. The minimum atomic E-state index is -0.226. The Kier molecular flexibility index (Phi) is 6.12. The van der Waals surface area contributed by atoms with E-state index in [1.165, 1.54) is 28.7 Å². The lowest BCUT2D eigenvalue weighted by atomic mass is 9.95. The summed E-state index contributed by atoms with van der Waals surface area (Å²) in [5.41, 5.74) is 0.198. The molecule has 0 spiro atoms. The highest BCUT2D eigenvalue weighted by Gasteiger charge is 2.31. The lowest BCUT2D eigenvalue weighted by Gasteiger charge is -2.30. The van der Waals surface area contributed by atoms with E-state index in [0.29, 0.717) is 16.4 Å². The molecule has 0 unspecified atom stereocenters. The molecule has 172 valence electrons. The molecule has 2 N–H and O–H groups in total. The first kappa shape index (κ1) is 21.4. The number of piperidine rings is 1. The van der Waals surface area contributed by atoms with Crippen LogP contribution in [0.2, 0.25) is 0 Å². The first-order valence-corrected chi connectivity index (χ1v) is 12.6. The first-order valence-electron chi connectivity index (χ1n) is 11.8. The maximum atomic E-state index is 12.9. The van der Waals surface area contributed by atoms with E-state index >= 15 is 0 Å². The molecular weight excluding hydrogens is 428 g/mol. The largest absolute Gasteiger partial charge is 0.353 e. The molecular formula is C22H30N6O3S. The highest BCUT2D eigenvalue weighted by atomic mass is 32.1. The number of hydrogen-bond donors (Lipinski definition) is 2. The third kappa shape index (κ3) is 4.79. The van der Waals surface area contributed by atoms with Gasteiger partial charge in [-0.25, -0.2) is 4.98 Å². The Bertz CT molecular complexity index is 1050. The van der Waals surface area contributed by atoms with E-state index in [2.05, 4.69) is 25.5 Å². The molecule has 9 nitrogen and oxygen atoms in total. The second-order valence-electron chi connectivity index (χ2n) is 9.27. The van der Waals surface area contributed by atoms with Crippen LogP contribution < -0.4 is 21.1 Å². The quantitative estimate of drug-likeness (QED) is 0.683. The van der Waals surface area contributed by atoms with Gasteiger partial charge in [-0.3, -0.25) is 19.0 Å². The average molecular weight is 459 g/mol. The molecule has 0 bridgehead atoms. The number of carbonyl (C=O) groups excluding carboxylic acids is 2. The van der Waals surface area contributed by atoms with Gasteiger partial charge in [0.1, 0.15) is 17.6 Å². The molecule has 0 radical (unpaired) electrons. The fraction of sp³-hybridized carbons (Fsp3) is 0.682. The van der Waals surface area contributed by atoms with Crippen LogP contribution in [0, 0.1) is 5.92 Å². The lowest BCUT2D eigenvalue weighted by Crippen LogP contribution is -2.41. The molecule has 3 aliphatic rings. The van der Waals surface area contributed by atoms with E-state index in [9.17, 15) is 14.4 Å². The van der Waals surface area contributed by atoms with Crippen molar-refractivity contribution < 1.29 is 9.59 Å². The minimum absolute atomic E-state index is 0.0208. The molecule has 32 heavy (non-hydrogen) atoms. The minimum Gasteiger partial charge on any atom is -0.353 e. The standard InChI is InChI=1S/C22H30N6O3S/c29-17(24-15-4-2-1-3-5-15)12-28-13-23-19-18(21(28)31)32-22(26-19)27-10-8-14(9-11-27)20(30)25-16-6-7-16/h13-16H,1-12H2,(H,24,29)(H,25,30). The normalized spacial score (nSPS) is 20.4. The molecule has 2 aromatic heterocycles. The fourth-order valence-electron chi connectivity index (χ4n) is 4.64. The number of aromatic nitrogens is 3. The summed E-state index contributed by atoms with van der Waals surface area (Å²) >= 11 is 1.32. The van der Waals surface area contributed by atoms with Crippen LogP contribution in [-0.4, -0.2) is 51.5 Å². The van der Waals surface area contributed by atoms with Crippen molar-refractivity contribution in [1.29, 1.82) is 0 Å². The lowest BCUT2D eigenvalue weighted by molar-refractivity contribution is -0.125. The van der Waals surface area contributed by atoms with Crippen LogP contribution in [0.5, 0.6) is 0 Å². The third-order valence-electron chi connectivity index (χ3n) is 6.72. The predicted molar refractivity (Wildman–Crippen MR) is 123 cm³/mol. The van der Waals surface area contributed by atoms with Crippen LogP contribution in [0.4, 0.5) is 5.13 Å². The molecule has 2 aromatic rings. The van der Waals surface area contributed by atoms with Gasteiger partial charge in [0, 0.05) is 31.1 Å². The molecule has 2 aliphatic carbocycles. The maximum absolute atomic E-state index is 12.9. The number of anilines is 1. The number of carbonyl (C=O) groups is 2. The molecule has 2 saturated carbocycles. The van der Waals surface area contributed by atoms with Gasteiger partial charge in [-0.1, -0.05) is 30.6 Å². The van der Waals surface area contributed by atoms with Crippen LogP contribution in [0.3, 0.4) is 0 Å². The molecule has 0 atom stereocenters. The van der Waals surface area contributed by atoms with Crippen LogP contribution >= 0.6 is 11.3 Å². The summed E-state index contributed by atoms with van der Waals surface area (Å²) in [4.78, 5) is 48.7. The monoisotopic (exact) mass is 458 g/mol. The molecule has 5 rings (SSSR count). The van der Waals surface area contributed by atoms with Crippen molar-refractivity contribution in [2.45, 2.75) is 76.4 Å². The zero-order valence-corrected chi connectivity index (χ0v) is 19.0. The van der Waals surface area contributed by atoms with Crippen molar-refractivity contribution in [3.63, 3.8) is 0 Å². The van der Waals surface area contributed by atoms with Gasteiger partial charge in [-0.2, -0.15) is 4.98 Å². The summed E-state index contributed by atoms with van der Waals surface area (Å²) in [6, 6.07) is 0.607. The molecule has 3 heterocycles. The van der Waals surface area contributed by atoms with Gasteiger partial charge in [-0.15, -0.1) is 0 Å². The number of fused-ring (bicyclic) bond motifs is 1. The molecule has 1 aliphatic heterocycles. The van der Waals surface area contributed by atoms with Crippen LogP contribution in [0.1, 0.15) is 57.8 Å². The summed E-state index contributed by atoms with van der Waals surface area (Å²) in [5.74, 6) is 0.0863. The van der Waals surface area contributed by atoms with Crippen molar-refractivity contribution in [2.24, 2.45) is 5.92 Å². The van der Waals surface area contributed by atoms with Gasteiger partial charge in [0.2, 0.25) is 11.8 Å². The van der Waals surface area contributed by atoms with Gasteiger partial charge in [-0.05, 0) is 38.5 Å². The van der Waals surface area contributed by atoms with Crippen molar-refractivity contribution in [1.82, 2.24) is 25.2 Å². The molecule has 1 saturated heterocycles. The summed E-state index contributed by atoms with van der Waals surface area (Å²) in [5, 5.41) is 6.91. The van der Waals surface area contributed by atoms with E-state index < -0.39 is 0 Å². The number of rotatable bonds is 6. The summed E-state index contributed by atoms with van der Waals surface area (Å²) in [7, 11) is 0. The van der Waals surface area contributed by atoms with Gasteiger partial charge in [0.25, 0.3) is 5.56 Å². The van der Waals surface area contributed by atoms with E-state index in [0.717, 1.165) is 69.6 Å². The summed E-state index contributed by atoms with van der Waals surface area (Å²) < 4.78 is 1.85.